The zero-order chi connectivity index (χ0) is 17.3. The molecule has 0 saturated carbocycles. The maximum Gasteiger partial charge on any atom is 0.228 e. The summed E-state index contributed by atoms with van der Waals surface area (Å²) in [4.78, 5) is 16.6. The predicted octanol–water partition coefficient (Wildman–Crippen LogP) is 4.29. The van der Waals surface area contributed by atoms with E-state index in [0.29, 0.717) is 27.9 Å². The van der Waals surface area contributed by atoms with E-state index in [1.807, 2.05) is 25.1 Å². The molecule has 0 aliphatic rings. The molecule has 1 N–H and O–H groups in total. The molecular formula is C18H17ClN2O3. The molecule has 6 heteroatoms. The van der Waals surface area contributed by atoms with Crippen LogP contribution in [-0.4, -0.2) is 18.0 Å². The van der Waals surface area contributed by atoms with Crippen LogP contribution in [0.4, 0.5) is 5.69 Å². The van der Waals surface area contributed by atoms with Gasteiger partial charge in [0.2, 0.25) is 5.91 Å². The zero-order valence-corrected chi connectivity index (χ0v) is 14.4. The van der Waals surface area contributed by atoms with Gasteiger partial charge < -0.3 is 14.5 Å². The molecule has 1 heterocycles. The van der Waals surface area contributed by atoms with E-state index in [9.17, 15) is 4.79 Å². The van der Waals surface area contributed by atoms with E-state index in [-0.39, 0.29) is 12.3 Å². The molecule has 0 radical (unpaired) electrons. The van der Waals surface area contributed by atoms with Gasteiger partial charge in [0.25, 0.3) is 0 Å². The van der Waals surface area contributed by atoms with Crippen molar-refractivity contribution < 1.29 is 13.9 Å². The molecule has 124 valence electrons. The SMILES string of the molecule is COc1cc(Cl)c(C)cc1NC(=O)Cc1ccc2nc(C)oc2c1. The third kappa shape index (κ3) is 3.36. The van der Waals surface area contributed by atoms with E-state index in [1.54, 1.807) is 19.1 Å². The minimum absolute atomic E-state index is 0.148. The molecule has 0 spiro atoms. The number of anilines is 1. The van der Waals surface area contributed by atoms with Gasteiger partial charge in [0.15, 0.2) is 11.5 Å². The van der Waals surface area contributed by atoms with Crippen molar-refractivity contribution in [3.05, 3.63) is 52.4 Å². The van der Waals surface area contributed by atoms with Crippen LogP contribution >= 0.6 is 11.6 Å². The van der Waals surface area contributed by atoms with Crippen LogP contribution in [0.2, 0.25) is 5.02 Å². The average Bonchev–Trinajstić information content (AvgIpc) is 2.90. The lowest BCUT2D eigenvalue weighted by atomic mass is 10.1. The lowest BCUT2D eigenvalue weighted by Crippen LogP contribution is -2.15. The number of nitrogens with zero attached hydrogens (tertiary/aromatic N) is 1. The molecule has 3 aromatic rings. The second kappa shape index (κ2) is 6.53. The van der Waals surface area contributed by atoms with Crippen molar-refractivity contribution >= 4 is 34.3 Å². The molecule has 0 atom stereocenters. The number of amides is 1. The Morgan fingerprint density at radius 3 is 2.83 bits per heavy atom. The minimum Gasteiger partial charge on any atom is -0.495 e. The highest BCUT2D eigenvalue weighted by atomic mass is 35.5. The summed E-state index contributed by atoms with van der Waals surface area (Å²) in [6.07, 6.45) is 0.223. The summed E-state index contributed by atoms with van der Waals surface area (Å²) in [5.41, 5.74) is 3.78. The van der Waals surface area contributed by atoms with E-state index in [1.165, 1.54) is 7.11 Å². The quantitative estimate of drug-likeness (QED) is 0.766. The van der Waals surface area contributed by atoms with Crippen molar-refractivity contribution in [1.82, 2.24) is 4.98 Å². The van der Waals surface area contributed by atoms with Crippen molar-refractivity contribution in [2.24, 2.45) is 0 Å². The topological polar surface area (TPSA) is 64.4 Å². The number of benzene rings is 2. The molecule has 24 heavy (non-hydrogen) atoms. The molecule has 1 aromatic heterocycles. The Labute approximate surface area is 144 Å². The number of carbonyl (C=O) groups excluding carboxylic acids is 1. The van der Waals surface area contributed by atoms with E-state index >= 15 is 0 Å². The number of hydrogen-bond acceptors (Lipinski definition) is 4. The van der Waals surface area contributed by atoms with Crippen LogP contribution in [0.25, 0.3) is 11.1 Å². The van der Waals surface area contributed by atoms with E-state index in [0.717, 1.165) is 16.6 Å². The highest BCUT2D eigenvalue weighted by Gasteiger charge is 2.12. The Hall–Kier alpha value is -2.53. The summed E-state index contributed by atoms with van der Waals surface area (Å²) >= 11 is 6.08. The fourth-order valence-corrected chi connectivity index (χ4v) is 2.66. The lowest BCUT2D eigenvalue weighted by molar-refractivity contribution is -0.115. The third-order valence-corrected chi connectivity index (χ3v) is 4.09. The zero-order valence-electron chi connectivity index (χ0n) is 13.6. The van der Waals surface area contributed by atoms with Crippen LogP contribution in [0.5, 0.6) is 5.75 Å². The molecule has 0 fully saturated rings. The van der Waals surface area contributed by atoms with Crippen molar-refractivity contribution in [2.45, 2.75) is 20.3 Å². The fraction of sp³-hybridized carbons (Fsp3) is 0.222. The lowest BCUT2D eigenvalue weighted by Gasteiger charge is -2.12. The first-order valence-electron chi connectivity index (χ1n) is 7.46. The van der Waals surface area contributed by atoms with Gasteiger partial charge in [-0.2, -0.15) is 0 Å². The first kappa shape index (κ1) is 16.3. The average molecular weight is 345 g/mol. The first-order chi connectivity index (χ1) is 11.5. The van der Waals surface area contributed by atoms with Crippen molar-refractivity contribution in [1.29, 1.82) is 0 Å². The number of aryl methyl sites for hydroxylation is 2. The van der Waals surface area contributed by atoms with Crippen LogP contribution in [0, 0.1) is 13.8 Å². The summed E-state index contributed by atoms with van der Waals surface area (Å²) in [6.45, 7) is 3.67. The smallest absolute Gasteiger partial charge is 0.228 e. The van der Waals surface area contributed by atoms with Gasteiger partial charge in [-0.15, -0.1) is 0 Å². The summed E-state index contributed by atoms with van der Waals surface area (Å²) in [6, 6.07) is 9.03. The first-order valence-corrected chi connectivity index (χ1v) is 7.84. The molecule has 3 rings (SSSR count). The summed E-state index contributed by atoms with van der Waals surface area (Å²) in [5, 5.41) is 3.46. The molecule has 0 bridgehead atoms. The van der Waals surface area contributed by atoms with Gasteiger partial charge in [-0.05, 0) is 36.2 Å². The summed E-state index contributed by atoms with van der Waals surface area (Å²) < 4.78 is 10.8. The van der Waals surface area contributed by atoms with Crippen molar-refractivity contribution in [2.75, 3.05) is 12.4 Å². The van der Waals surface area contributed by atoms with Gasteiger partial charge >= 0.3 is 0 Å². The Bertz CT molecular complexity index is 918. The highest BCUT2D eigenvalue weighted by molar-refractivity contribution is 6.31. The highest BCUT2D eigenvalue weighted by Crippen LogP contribution is 2.31. The van der Waals surface area contributed by atoms with Crippen LogP contribution in [0.15, 0.2) is 34.7 Å². The molecule has 0 aliphatic carbocycles. The second-order valence-corrected chi connectivity index (χ2v) is 5.97. The van der Waals surface area contributed by atoms with E-state index in [2.05, 4.69) is 10.3 Å². The van der Waals surface area contributed by atoms with Gasteiger partial charge in [-0.3, -0.25) is 4.79 Å². The normalized spacial score (nSPS) is 10.8. The van der Waals surface area contributed by atoms with Crippen LogP contribution < -0.4 is 10.1 Å². The number of methoxy groups -OCH3 is 1. The monoisotopic (exact) mass is 344 g/mol. The van der Waals surface area contributed by atoms with Crippen molar-refractivity contribution in [3.8, 4) is 5.75 Å². The Morgan fingerprint density at radius 1 is 1.29 bits per heavy atom. The number of rotatable bonds is 4. The van der Waals surface area contributed by atoms with E-state index < -0.39 is 0 Å². The predicted molar refractivity (Wildman–Crippen MR) is 93.8 cm³/mol. The number of nitrogens with one attached hydrogen (secondary N) is 1. The molecular weight excluding hydrogens is 328 g/mol. The number of aromatic nitrogens is 1. The maximum atomic E-state index is 12.3. The van der Waals surface area contributed by atoms with Crippen LogP contribution in [0.3, 0.4) is 0 Å². The molecule has 0 unspecified atom stereocenters. The van der Waals surface area contributed by atoms with Crippen LogP contribution in [-0.2, 0) is 11.2 Å². The standard InChI is InChI=1S/C18H17ClN2O3/c1-10-6-15(16(23-3)9-13(10)19)21-18(22)8-12-4-5-14-17(7-12)24-11(2)20-14/h4-7,9H,8H2,1-3H3,(H,21,22). The van der Waals surface area contributed by atoms with Gasteiger partial charge in [0.05, 0.1) is 19.2 Å². The maximum absolute atomic E-state index is 12.3. The van der Waals surface area contributed by atoms with Crippen LogP contribution in [0.1, 0.15) is 17.0 Å². The number of halogens is 1. The largest absolute Gasteiger partial charge is 0.495 e. The molecule has 2 aromatic carbocycles. The molecule has 0 aliphatic heterocycles. The Kier molecular flexibility index (Phi) is 4.44. The number of carbonyl (C=O) groups is 1. The third-order valence-electron chi connectivity index (χ3n) is 3.68. The molecule has 1 amide bonds. The summed E-state index contributed by atoms with van der Waals surface area (Å²) in [7, 11) is 1.54. The van der Waals surface area contributed by atoms with Gasteiger partial charge in [-0.25, -0.2) is 4.98 Å². The second-order valence-electron chi connectivity index (χ2n) is 5.56. The fourth-order valence-electron chi connectivity index (χ4n) is 2.50. The van der Waals surface area contributed by atoms with Gasteiger partial charge in [0.1, 0.15) is 11.3 Å². The van der Waals surface area contributed by atoms with Gasteiger partial charge in [-0.1, -0.05) is 17.7 Å². The van der Waals surface area contributed by atoms with Crippen molar-refractivity contribution in [3.63, 3.8) is 0 Å². The molecule has 5 nitrogen and oxygen atoms in total. The number of fused-ring (bicyclic) bond motifs is 1. The Morgan fingerprint density at radius 2 is 2.08 bits per heavy atom. The van der Waals surface area contributed by atoms with E-state index in [4.69, 9.17) is 20.8 Å². The molecule has 0 saturated heterocycles. The summed E-state index contributed by atoms with van der Waals surface area (Å²) in [5.74, 6) is 0.985. The Balaban J connectivity index is 1.78. The number of hydrogen-bond donors (Lipinski definition) is 1. The number of ether oxygens (including phenoxy) is 1. The minimum atomic E-state index is -0.148. The van der Waals surface area contributed by atoms with Gasteiger partial charge in [0, 0.05) is 18.0 Å². The number of oxazole rings is 1.